The molecule has 2 N–H and O–H groups in total. The smallest absolute Gasteiger partial charge is 0.341 e. The van der Waals surface area contributed by atoms with E-state index in [1.54, 1.807) is 38.0 Å². The number of carbonyl (C=O) groups is 2. The van der Waals surface area contributed by atoms with Crippen LogP contribution < -0.4 is 10.6 Å². The van der Waals surface area contributed by atoms with Crippen LogP contribution in [0.4, 0.5) is 10.8 Å². The van der Waals surface area contributed by atoms with Crippen LogP contribution in [0, 0.1) is 6.92 Å². The van der Waals surface area contributed by atoms with Crippen LogP contribution in [0.3, 0.4) is 0 Å². The van der Waals surface area contributed by atoms with Crippen molar-refractivity contribution >= 4 is 74.6 Å². The molecule has 33 heavy (non-hydrogen) atoms. The van der Waals surface area contributed by atoms with Crippen molar-refractivity contribution in [1.82, 2.24) is 14.7 Å². The molecule has 0 saturated heterocycles. The fourth-order valence-corrected chi connectivity index (χ4v) is 4.84. The van der Waals surface area contributed by atoms with Gasteiger partial charge in [0.2, 0.25) is 0 Å². The number of ether oxygens (including phenoxy) is 1. The average molecular weight is 526 g/mol. The maximum atomic E-state index is 12.5. The van der Waals surface area contributed by atoms with Crippen LogP contribution in [0.1, 0.15) is 31.2 Å². The van der Waals surface area contributed by atoms with E-state index in [2.05, 4.69) is 15.7 Å². The summed E-state index contributed by atoms with van der Waals surface area (Å²) in [5.41, 5.74) is 1.64. The molecule has 3 aromatic rings. The van der Waals surface area contributed by atoms with Crippen LogP contribution in [0.5, 0.6) is 0 Å². The van der Waals surface area contributed by atoms with Crippen molar-refractivity contribution in [2.75, 3.05) is 31.8 Å². The summed E-state index contributed by atoms with van der Waals surface area (Å²) in [6.07, 6.45) is 1.65. The Balaban J connectivity index is 1.80. The Bertz CT molecular complexity index is 1220. The Morgan fingerprint density at radius 3 is 2.55 bits per heavy atom. The fraction of sp³-hybridized carbons (Fsp3) is 0.238. The first-order valence-electron chi connectivity index (χ1n) is 9.60. The Hall–Kier alpha value is -2.66. The number of anilines is 2. The van der Waals surface area contributed by atoms with Gasteiger partial charge < -0.3 is 20.3 Å². The number of carbonyl (C=O) groups excluding carboxylic acids is 2. The maximum absolute atomic E-state index is 12.5. The number of benzene rings is 1. The van der Waals surface area contributed by atoms with Gasteiger partial charge in [-0.1, -0.05) is 41.4 Å². The highest BCUT2D eigenvalue weighted by atomic mass is 35.5. The third-order valence-electron chi connectivity index (χ3n) is 4.60. The van der Waals surface area contributed by atoms with Gasteiger partial charge in [-0.25, -0.2) is 4.79 Å². The molecule has 174 valence electrons. The number of aromatic nitrogens is 2. The van der Waals surface area contributed by atoms with Gasteiger partial charge in [0.15, 0.2) is 10.9 Å². The molecule has 0 radical (unpaired) electrons. The first kappa shape index (κ1) is 25.0. The molecule has 0 saturated carbocycles. The second kappa shape index (κ2) is 10.5. The fourth-order valence-electron chi connectivity index (χ4n) is 2.96. The zero-order valence-corrected chi connectivity index (χ0v) is 21.4. The van der Waals surface area contributed by atoms with Crippen LogP contribution >= 0.6 is 46.8 Å². The molecule has 0 bridgehead atoms. The minimum atomic E-state index is -0.575. The van der Waals surface area contributed by atoms with E-state index in [0.29, 0.717) is 37.8 Å². The molecular weight excluding hydrogens is 505 g/mol. The summed E-state index contributed by atoms with van der Waals surface area (Å²) in [5, 5.41) is 11.8. The number of amides is 1. The summed E-state index contributed by atoms with van der Waals surface area (Å²) in [6, 6.07) is 7.45. The zero-order chi connectivity index (χ0) is 24.3. The maximum Gasteiger partial charge on any atom is 0.341 e. The highest BCUT2D eigenvalue weighted by Crippen LogP contribution is 2.34. The molecule has 2 heterocycles. The van der Waals surface area contributed by atoms with Gasteiger partial charge in [-0.3, -0.25) is 9.48 Å². The largest absolute Gasteiger partial charge is 0.465 e. The predicted octanol–water partition coefficient (Wildman–Crippen LogP) is 4.91. The summed E-state index contributed by atoms with van der Waals surface area (Å²) in [7, 11) is 4.55. The summed E-state index contributed by atoms with van der Waals surface area (Å²) in [5.74, 6) is -0.469. The summed E-state index contributed by atoms with van der Waals surface area (Å²) in [6.45, 7) is 2.11. The highest BCUT2D eigenvalue weighted by Gasteiger charge is 2.26. The van der Waals surface area contributed by atoms with Gasteiger partial charge >= 0.3 is 5.97 Å². The number of halogens is 2. The molecule has 0 aliphatic carbocycles. The number of nitrogens with one attached hydrogen (secondary N) is 2. The molecule has 2 aromatic heterocycles. The molecule has 8 nitrogen and oxygen atoms in total. The molecule has 0 unspecified atom stereocenters. The number of methoxy groups -OCH3 is 1. The molecule has 3 rings (SSSR count). The standard InChI is InChI=1S/C21H21Cl2N5O3S2/c1-11-15(20(30)31-4)18(33-16(11)19(29)27(2)3)25-21(32)24-17-14(23)10-28(26-17)9-12-7-5-6-8-13(12)22/h5-8,10H,9H2,1-4H3,(H2,24,25,26,32). The average Bonchev–Trinajstić information content (AvgIpc) is 3.27. The van der Waals surface area contributed by atoms with E-state index in [-0.39, 0.29) is 16.6 Å². The number of nitrogens with zero attached hydrogens (tertiary/aromatic N) is 3. The number of hydrogen-bond donors (Lipinski definition) is 2. The minimum Gasteiger partial charge on any atom is -0.465 e. The first-order valence-corrected chi connectivity index (χ1v) is 11.6. The van der Waals surface area contributed by atoms with Gasteiger partial charge in [0.25, 0.3) is 5.91 Å². The van der Waals surface area contributed by atoms with Gasteiger partial charge in [-0.15, -0.1) is 11.3 Å². The molecule has 0 fully saturated rings. The van der Waals surface area contributed by atoms with Gasteiger partial charge in [-0.05, 0) is 36.3 Å². The molecule has 0 aliphatic rings. The normalized spacial score (nSPS) is 10.6. The lowest BCUT2D eigenvalue weighted by Gasteiger charge is -2.09. The van der Waals surface area contributed by atoms with E-state index >= 15 is 0 Å². The molecule has 1 amide bonds. The van der Waals surface area contributed by atoms with E-state index in [4.69, 9.17) is 40.2 Å². The minimum absolute atomic E-state index is 0.148. The van der Waals surface area contributed by atoms with Gasteiger partial charge in [0, 0.05) is 25.3 Å². The molecule has 0 aliphatic heterocycles. The Kier molecular flexibility index (Phi) is 7.96. The monoisotopic (exact) mass is 525 g/mol. The second-order valence-electron chi connectivity index (χ2n) is 7.15. The Labute approximate surface area is 210 Å². The quantitative estimate of drug-likeness (QED) is 0.349. The van der Waals surface area contributed by atoms with Crippen LogP contribution in [0.25, 0.3) is 0 Å². The van der Waals surface area contributed by atoms with Crippen molar-refractivity contribution in [2.24, 2.45) is 0 Å². The summed E-state index contributed by atoms with van der Waals surface area (Å²) < 4.78 is 6.53. The van der Waals surface area contributed by atoms with Crippen molar-refractivity contribution in [3.05, 3.63) is 62.1 Å². The van der Waals surface area contributed by atoms with Gasteiger partial charge in [0.1, 0.15) is 10.0 Å². The van der Waals surface area contributed by atoms with Crippen LogP contribution in [-0.4, -0.2) is 52.9 Å². The van der Waals surface area contributed by atoms with Crippen LogP contribution in [0.2, 0.25) is 10.0 Å². The molecule has 12 heteroatoms. The molecular formula is C21H21Cl2N5O3S2. The summed E-state index contributed by atoms with van der Waals surface area (Å²) in [4.78, 5) is 26.7. The number of rotatable bonds is 6. The van der Waals surface area contributed by atoms with Crippen LogP contribution in [-0.2, 0) is 11.3 Å². The van der Waals surface area contributed by atoms with Crippen molar-refractivity contribution in [1.29, 1.82) is 0 Å². The van der Waals surface area contributed by atoms with Gasteiger partial charge in [0.05, 0.1) is 24.1 Å². The van der Waals surface area contributed by atoms with Gasteiger partial charge in [-0.2, -0.15) is 5.10 Å². The third kappa shape index (κ3) is 5.64. The van der Waals surface area contributed by atoms with Crippen molar-refractivity contribution in [2.45, 2.75) is 13.5 Å². The highest BCUT2D eigenvalue weighted by molar-refractivity contribution is 7.80. The Morgan fingerprint density at radius 2 is 1.91 bits per heavy atom. The lowest BCUT2D eigenvalue weighted by atomic mass is 10.1. The predicted molar refractivity (Wildman–Crippen MR) is 136 cm³/mol. The number of esters is 1. The first-order chi connectivity index (χ1) is 15.6. The lowest BCUT2D eigenvalue weighted by molar-refractivity contribution is 0.0601. The van der Waals surface area contributed by atoms with E-state index in [9.17, 15) is 9.59 Å². The molecule has 0 atom stereocenters. The third-order valence-corrected chi connectivity index (χ3v) is 6.65. The van der Waals surface area contributed by atoms with Crippen LogP contribution in [0.15, 0.2) is 30.5 Å². The number of thiophene rings is 1. The van der Waals surface area contributed by atoms with Crippen molar-refractivity contribution in [3.63, 3.8) is 0 Å². The van der Waals surface area contributed by atoms with E-state index < -0.39 is 5.97 Å². The zero-order valence-electron chi connectivity index (χ0n) is 18.2. The SMILES string of the molecule is COC(=O)c1c(NC(=S)Nc2nn(Cc3ccccc3Cl)cc2Cl)sc(C(=O)N(C)C)c1C. The van der Waals surface area contributed by atoms with E-state index in [1.165, 1.54) is 12.0 Å². The Morgan fingerprint density at radius 1 is 1.21 bits per heavy atom. The second-order valence-corrected chi connectivity index (χ2v) is 9.39. The number of hydrogen-bond acceptors (Lipinski definition) is 6. The number of thiocarbonyl (C=S) groups is 1. The summed E-state index contributed by atoms with van der Waals surface area (Å²) >= 11 is 19.1. The molecule has 0 spiro atoms. The van der Waals surface area contributed by atoms with E-state index in [0.717, 1.165) is 16.9 Å². The lowest BCUT2D eigenvalue weighted by Crippen LogP contribution is -2.21. The van der Waals surface area contributed by atoms with Crippen molar-refractivity contribution < 1.29 is 14.3 Å². The van der Waals surface area contributed by atoms with Crippen molar-refractivity contribution in [3.8, 4) is 0 Å². The molecule has 1 aromatic carbocycles. The van der Waals surface area contributed by atoms with E-state index in [1.807, 2.05) is 18.2 Å². The topological polar surface area (TPSA) is 88.5 Å².